The van der Waals surface area contributed by atoms with Crippen molar-refractivity contribution >= 4 is 17.2 Å². The van der Waals surface area contributed by atoms with Crippen LogP contribution >= 0.6 is 0 Å². The maximum absolute atomic E-state index is 5.81. The number of nitrogens with zero attached hydrogens (tertiary/aromatic N) is 3. The number of benzene rings is 2. The standard InChI is InChI=1S/C16H14N4O/c1-11-7-9-13(10-8-11)18-19-14-15(21-20-16(14)17)12-5-3-2-4-6-12/h2-10H,1H3,(H2,17,20). The number of aryl methyl sites for hydroxylation is 1. The van der Waals surface area contributed by atoms with Gasteiger partial charge in [-0.3, -0.25) is 0 Å². The van der Waals surface area contributed by atoms with Gasteiger partial charge >= 0.3 is 0 Å². The average Bonchev–Trinajstić information content (AvgIpc) is 2.89. The minimum absolute atomic E-state index is 0.227. The van der Waals surface area contributed by atoms with Gasteiger partial charge in [0.1, 0.15) is 0 Å². The van der Waals surface area contributed by atoms with Crippen molar-refractivity contribution in [3.8, 4) is 11.3 Å². The topological polar surface area (TPSA) is 76.8 Å². The summed E-state index contributed by atoms with van der Waals surface area (Å²) in [6, 6.07) is 17.3. The van der Waals surface area contributed by atoms with Crippen LogP contribution in [0.1, 0.15) is 5.56 Å². The fourth-order valence-corrected chi connectivity index (χ4v) is 1.89. The van der Waals surface area contributed by atoms with Crippen molar-refractivity contribution in [2.75, 3.05) is 5.73 Å². The predicted octanol–water partition coefficient (Wildman–Crippen LogP) is 4.65. The highest BCUT2D eigenvalue weighted by molar-refractivity contribution is 5.77. The highest BCUT2D eigenvalue weighted by atomic mass is 16.5. The van der Waals surface area contributed by atoms with E-state index >= 15 is 0 Å². The number of azo groups is 1. The van der Waals surface area contributed by atoms with Crippen molar-refractivity contribution in [1.82, 2.24) is 5.16 Å². The van der Waals surface area contributed by atoms with Gasteiger partial charge in [0, 0.05) is 5.56 Å². The highest BCUT2D eigenvalue weighted by Crippen LogP contribution is 2.36. The van der Waals surface area contributed by atoms with E-state index in [4.69, 9.17) is 10.3 Å². The number of hydrogen-bond donors (Lipinski definition) is 1. The fourth-order valence-electron chi connectivity index (χ4n) is 1.89. The molecule has 0 saturated heterocycles. The van der Waals surface area contributed by atoms with E-state index in [1.54, 1.807) is 0 Å². The van der Waals surface area contributed by atoms with Crippen molar-refractivity contribution in [1.29, 1.82) is 0 Å². The van der Waals surface area contributed by atoms with Gasteiger partial charge in [-0.15, -0.1) is 5.11 Å². The molecule has 0 amide bonds. The Morgan fingerprint density at radius 2 is 1.67 bits per heavy atom. The van der Waals surface area contributed by atoms with E-state index in [1.165, 1.54) is 5.56 Å². The Morgan fingerprint density at radius 3 is 2.38 bits per heavy atom. The van der Waals surface area contributed by atoms with E-state index in [-0.39, 0.29) is 5.82 Å². The Kier molecular flexibility index (Phi) is 3.47. The van der Waals surface area contributed by atoms with Crippen LogP contribution < -0.4 is 5.73 Å². The third kappa shape index (κ3) is 2.81. The molecule has 0 spiro atoms. The molecule has 0 fully saturated rings. The number of nitrogens with two attached hydrogens (primary N) is 1. The molecule has 2 N–H and O–H groups in total. The minimum atomic E-state index is 0.227. The van der Waals surface area contributed by atoms with Crippen LogP contribution in [-0.2, 0) is 0 Å². The van der Waals surface area contributed by atoms with Gasteiger partial charge in [-0.2, -0.15) is 5.11 Å². The first-order valence-electron chi connectivity index (χ1n) is 6.53. The monoisotopic (exact) mass is 278 g/mol. The van der Waals surface area contributed by atoms with E-state index in [9.17, 15) is 0 Å². The Bertz CT molecular complexity index is 761. The van der Waals surface area contributed by atoms with Crippen molar-refractivity contribution in [3.05, 3.63) is 60.2 Å². The third-order valence-electron chi connectivity index (χ3n) is 3.03. The molecule has 0 aliphatic carbocycles. The van der Waals surface area contributed by atoms with Gasteiger partial charge in [0.15, 0.2) is 17.3 Å². The quantitative estimate of drug-likeness (QED) is 0.708. The molecule has 0 aliphatic rings. The Labute approximate surface area is 122 Å². The molecular weight excluding hydrogens is 264 g/mol. The first-order chi connectivity index (χ1) is 10.2. The molecular formula is C16H14N4O. The maximum Gasteiger partial charge on any atom is 0.196 e. The molecule has 2 aromatic carbocycles. The molecule has 0 aliphatic heterocycles. The largest absolute Gasteiger partial charge is 0.379 e. The molecule has 3 rings (SSSR count). The lowest BCUT2D eigenvalue weighted by Gasteiger charge is -1.97. The summed E-state index contributed by atoms with van der Waals surface area (Å²) in [5.74, 6) is 0.744. The normalized spacial score (nSPS) is 11.1. The lowest BCUT2D eigenvalue weighted by molar-refractivity contribution is 0.436. The van der Waals surface area contributed by atoms with Crippen molar-refractivity contribution < 1.29 is 4.52 Å². The molecule has 21 heavy (non-hydrogen) atoms. The first-order valence-corrected chi connectivity index (χ1v) is 6.53. The number of hydrogen-bond acceptors (Lipinski definition) is 5. The Morgan fingerprint density at radius 1 is 0.952 bits per heavy atom. The van der Waals surface area contributed by atoms with Crippen LogP contribution in [0.4, 0.5) is 17.2 Å². The average molecular weight is 278 g/mol. The van der Waals surface area contributed by atoms with Gasteiger partial charge in [0.05, 0.1) is 5.69 Å². The van der Waals surface area contributed by atoms with Crippen LogP contribution in [0.3, 0.4) is 0 Å². The second kappa shape index (κ2) is 5.58. The van der Waals surface area contributed by atoms with Crippen LogP contribution in [0.2, 0.25) is 0 Å². The fraction of sp³-hybridized carbons (Fsp3) is 0.0625. The van der Waals surface area contributed by atoms with Crippen LogP contribution in [0.15, 0.2) is 69.3 Å². The van der Waals surface area contributed by atoms with Crippen molar-refractivity contribution in [3.63, 3.8) is 0 Å². The van der Waals surface area contributed by atoms with Gasteiger partial charge in [-0.1, -0.05) is 53.2 Å². The third-order valence-corrected chi connectivity index (χ3v) is 3.03. The summed E-state index contributed by atoms with van der Waals surface area (Å²) >= 11 is 0. The molecule has 0 bridgehead atoms. The molecule has 3 aromatic rings. The lowest BCUT2D eigenvalue weighted by Crippen LogP contribution is -1.82. The van der Waals surface area contributed by atoms with Gasteiger partial charge in [-0.05, 0) is 19.1 Å². The summed E-state index contributed by atoms with van der Waals surface area (Å²) in [6.07, 6.45) is 0. The molecule has 1 heterocycles. The van der Waals surface area contributed by atoms with E-state index in [2.05, 4.69) is 15.4 Å². The van der Waals surface area contributed by atoms with E-state index < -0.39 is 0 Å². The van der Waals surface area contributed by atoms with Crippen molar-refractivity contribution in [2.24, 2.45) is 10.2 Å². The summed E-state index contributed by atoms with van der Waals surface area (Å²) in [5.41, 5.74) is 9.04. The molecule has 0 radical (unpaired) electrons. The summed E-state index contributed by atoms with van der Waals surface area (Å²) < 4.78 is 5.26. The molecule has 0 unspecified atom stereocenters. The molecule has 5 heteroatoms. The molecule has 5 nitrogen and oxygen atoms in total. The van der Waals surface area contributed by atoms with E-state index in [0.29, 0.717) is 11.4 Å². The van der Waals surface area contributed by atoms with Gasteiger partial charge < -0.3 is 10.3 Å². The predicted molar refractivity (Wildman–Crippen MR) is 81.7 cm³/mol. The van der Waals surface area contributed by atoms with Crippen molar-refractivity contribution in [2.45, 2.75) is 6.92 Å². The van der Waals surface area contributed by atoms with Crippen LogP contribution in [0.25, 0.3) is 11.3 Å². The number of nitrogen functional groups attached to an aromatic ring is 1. The zero-order valence-electron chi connectivity index (χ0n) is 11.5. The van der Waals surface area contributed by atoms with Crippen LogP contribution in [-0.4, -0.2) is 5.16 Å². The van der Waals surface area contributed by atoms with Gasteiger partial charge in [0.2, 0.25) is 0 Å². The lowest BCUT2D eigenvalue weighted by atomic mass is 10.1. The number of aromatic nitrogens is 1. The molecule has 0 saturated carbocycles. The number of anilines is 1. The molecule has 0 atom stereocenters. The SMILES string of the molecule is Cc1ccc(N=Nc2c(N)noc2-c2ccccc2)cc1. The zero-order chi connectivity index (χ0) is 14.7. The molecule has 1 aromatic heterocycles. The summed E-state index contributed by atoms with van der Waals surface area (Å²) in [5, 5.41) is 12.1. The second-order valence-corrected chi connectivity index (χ2v) is 4.65. The van der Waals surface area contributed by atoms with E-state index in [0.717, 1.165) is 11.3 Å². The van der Waals surface area contributed by atoms with E-state index in [1.807, 2.05) is 61.5 Å². The molecule has 104 valence electrons. The summed E-state index contributed by atoms with van der Waals surface area (Å²) in [7, 11) is 0. The van der Waals surface area contributed by atoms with Gasteiger partial charge in [0.25, 0.3) is 0 Å². The summed E-state index contributed by atoms with van der Waals surface area (Å²) in [6.45, 7) is 2.02. The van der Waals surface area contributed by atoms with Crippen LogP contribution in [0.5, 0.6) is 0 Å². The van der Waals surface area contributed by atoms with Gasteiger partial charge in [-0.25, -0.2) is 0 Å². The Balaban J connectivity index is 1.96. The Hall–Kier alpha value is -2.95. The second-order valence-electron chi connectivity index (χ2n) is 4.65. The zero-order valence-corrected chi connectivity index (χ0v) is 11.5. The highest BCUT2D eigenvalue weighted by Gasteiger charge is 2.15. The number of rotatable bonds is 3. The smallest absolute Gasteiger partial charge is 0.196 e. The maximum atomic E-state index is 5.81. The minimum Gasteiger partial charge on any atom is -0.379 e. The van der Waals surface area contributed by atoms with Crippen LogP contribution in [0, 0.1) is 6.92 Å². The first kappa shape index (κ1) is 13.1. The summed E-state index contributed by atoms with van der Waals surface area (Å²) in [4.78, 5) is 0.